The number of aromatic nitrogens is 2. The molecular formula is C16H17N3. The normalized spacial score (nSPS) is 10.9. The number of nitrogens with zero attached hydrogens (tertiary/aromatic N) is 1. The van der Waals surface area contributed by atoms with Gasteiger partial charge in [0.2, 0.25) is 0 Å². The Kier molecular flexibility index (Phi) is 3.56. The van der Waals surface area contributed by atoms with Crippen molar-refractivity contribution in [3.63, 3.8) is 0 Å². The lowest BCUT2D eigenvalue weighted by molar-refractivity contribution is 0.685. The number of hydrogen-bond acceptors (Lipinski definition) is 2. The molecule has 3 heteroatoms. The topological polar surface area (TPSA) is 40.7 Å². The fraction of sp³-hybridized carbons (Fsp3) is 0.188. The molecule has 1 aromatic carbocycles. The molecule has 0 unspecified atom stereocenters. The van der Waals surface area contributed by atoms with E-state index in [4.69, 9.17) is 0 Å². The van der Waals surface area contributed by atoms with E-state index in [9.17, 15) is 0 Å². The molecule has 0 bridgehead atoms. The van der Waals surface area contributed by atoms with Crippen LogP contribution in [0.4, 0.5) is 0 Å². The van der Waals surface area contributed by atoms with E-state index in [1.807, 2.05) is 18.5 Å². The first kappa shape index (κ1) is 11.9. The number of aromatic amines is 1. The summed E-state index contributed by atoms with van der Waals surface area (Å²) in [6.45, 7) is 1.85. The summed E-state index contributed by atoms with van der Waals surface area (Å²) in [6, 6.07) is 12.7. The van der Waals surface area contributed by atoms with Gasteiger partial charge in [0.05, 0.1) is 0 Å². The quantitative estimate of drug-likeness (QED) is 0.685. The summed E-state index contributed by atoms with van der Waals surface area (Å²) >= 11 is 0. The van der Waals surface area contributed by atoms with Gasteiger partial charge in [-0.3, -0.25) is 4.98 Å². The van der Waals surface area contributed by atoms with E-state index in [0.29, 0.717) is 0 Å². The van der Waals surface area contributed by atoms with E-state index in [1.54, 1.807) is 6.20 Å². The third kappa shape index (κ3) is 3.01. The van der Waals surface area contributed by atoms with Gasteiger partial charge >= 0.3 is 0 Å². The van der Waals surface area contributed by atoms with Crippen LogP contribution in [0.1, 0.15) is 11.1 Å². The first-order chi connectivity index (χ1) is 9.42. The van der Waals surface area contributed by atoms with Gasteiger partial charge in [0.15, 0.2) is 0 Å². The minimum Gasteiger partial charge on any atom is -0.361 e. The second kappa shape index (κ2) is 5.67. The molecule has 0 radical (unpaired) electrons. The number of pyridine rings is 1. The highest BCUT2D eigenvalue weighted by Gasteiger charge is 1.97. The summed E-state index contributed by atoms with van der Waals surface area (Å²) in [5, 5.41) is 4.73. The molecule has 2 N–H and O–H groups in total. The van der Waals surface area contributed by atoms with E-state index in [0.717, 1.165) is 19.5 Å². The average molecular weight is 251 g/mol. The Labute approximate surface area is 112 Å². The van der Waals surface area contributed by atoms with Gasteiger partial charge in [-0.2, -0.15) is 0 Å². The van der Waals surface area contributed by atoms with Crippen LogP contribution in [0.15, 0.2) is 55.0 Å². The van der Waals surface area contributed by atoms with Crippen molar-refractivity contribution >= 4 is 10.9 Å². The van der Waals surface area contributed by atoms with Crippen LogP contribution in [0.5, 0.6) is 0 Å². The highest BCUT2D eigenvalue weighted by Crippen LogP contribution is 2.14. The van der Waals surface area contributed by atoms with Gasteiger partial charge in [-0.1, -0.05) is 12.1 Å². The molecule has 96 valence electrons. The van der Waals surface area contributed by atoms with E-state index in [2.05, 4.69) is 45.6 Å². The summed E-state index contributed by atoms with van der Waals surface area (Å²) < 4.78 is 0. The molecule has 0 saturated heterocycles. The SMILES string of the molecule is c1cncc(CNCCc2ccc3[nH]ccc3c2)c1. The van der Waals surface area contributed by atoms with Crippen molar-refractivity contribution in [1.82, 2.24) is 15.3 Å². The Hall–Kier alpha value is -2.13. The summed E-state index contributed by atoms with van der Waals surface area (Å²) in [7, 11) is 0. The number of H-pyrrole nitrogens is 1. The fourth-order valence-electron chi connectivity index (χ4n) is 2.23. The molecule has 0 spiro atoms. The lowest BCUT2D eigenvalue weighted by Crippen LogP contribution is -2.16. The van der Waals surface area contributed by atoms with E-state index < -0.39 is 0 Å². The Balaban J connectivity index is 1.52. The molecule has 3 aromatic rings. The van der Waals surface area contributed by atoms with Gasteiger partial charge in [-0.05, 0) is 53.7 Å². The predicted molar refractivity (Wildman–Crippen MR) is 77.9 cm³/mol. The van der Waals surface area contributed by atoms with Crippen LogP contribution in [0.25, 0.3) is 10.9 Å². The van der Waals surface area contributed by atoms with E-state index in [-0.39, 0.29) is 0 Å². The maximum absolute atomic E-state index is 4.11. The largest absolute Gasteiger partial charge is 0.361 e. The van der Waals surface area contributed by atoms with E-state index in [1.165, 1.54) is 22.0 Å². The number of nitrogens with one attached hydrogen (secondary N) is 2. The monoisotopic (exact) mass is 251 g/mol. The molecule has 2 heterocycles. The number of fused-ring (bicyclic) bond motifs is 1. The van der Waals surface area contributed by atoms with Crippen molar-refractivity contribution < 1.29 is 0 Å². The van der Waals surface area contributed by atoms with Crippen LogP contribution in [0.2, 0.25) is 0 Å². The zero-order valence-electron chi connectivity index (χ0n) is 10.8. The van der Waals surface area contributed by atoms with Gasteiger partial charge in [0.25, 0.3) is 0 Å². The molecule has 3 nitrogen and oxygen atoms in total. The maximum atomic E-state index is 4.11. The molecule has 0 atom stereocenters. The molecule has 0 amide bonds. The fourth-order valence-corrected chi connectivity index (χ4v) is 2.23. The minimum atomic E-state index is 0.875. The Bertz CT molecular complexity index is 643. The second-order valence-corrected chi connectivity index (χ2v) is 4.69. The van der Waals surface area contributed by atoms with Crippen molar-refractivity contribution in [2.45, 2.75) is 13.0 Å². The molecule has 0 aliphatic rings. The predicted octanol–water partition coefficient (Wildman–Crippen LogP) is 2.90. The lowest BCUT2D eigenvalue weighted by atomic mass is 10.1. The highest BCUT2D eigenvalue weighted by molar-refractivity contribution is 5.79. The van der Waals surface area contributed by atoms with Crippen molar-refractivity contribution in [1.29, 1.82) is 0 Å². The standard InChI is InChI=1S/C16H17N3/c1-2-14(11-17-7-1)12-18-8-5-13-3-4-16-15(10-13)6-9-19-16/h1-4,6-7,9-11,18-19H,5,8,12H2. The maximum Gasteiger partial charge on any atom is 0.0454 e. The number of benzene rings is 1. The summed E-state index contributed by atoms with van der Waals surface area (Å²) in [4.78, 5) is 7.32. The molecule has 0 aliphatic carbocycles. The smallest absolute Gasteiger partial charge is 0.0454 e. The van der Waals surface area contributed by atoms with Gasteiger partial charge in [-0.15, -0.1) is 0 Å². The van der Waals surface area contributed by atoms with Crippen molar-refractivity contribution in [3.8, 4) is 0 Å². The zero-order chi connectivity index (χ0) is 12.9. The lowest BCUT2D eigenvalue weighted by Gasteiger charge is -2.05. The third-order valence-corrected chi connectivity index (χ3v) is 3.26. The summed E-state index contributed by atoms with van der Waals surface area (Å²) in [5.74, 6) is 0. The van der Waals surface area contributed by atoms with Gasteiger partial charge in [0, 0.05) is 30.7 Å². The molecule has 3 rings (SSSR count). The molecule has 19 heavy (non-hydrogen) atoms. The van der Waals surface area contributed by atoms with Crippen LogP contribution in [-0.4, -0.2) is 16.5 Å². The molecule has 0 fully saturated rings. The first-order valence-electron chi connectivity index (χ1n) is 6.57. The summed E-state index contributed by atoms with van der Waals surface area (Å²) in [5.41, 5.74) is 3.79. The highest BCUT2D eigenvalue weighted by atomic mass is 14.8. The minimum absolute atomic E-state index is 0.875. The van der Waals surface area contributed by atoms with Gasteiger partial charge < -0.3 is 10.3 Å². The van der Waals surface area contributed by atoms with Crippen LogP contribution in [-0.2, 0) is 13.0 Å². The number of rotatable bonds is 5. The number of hydrogen-bond donors (Lipinski definition) is 2. The molecular weight excluding hydrogens is 234 g/mol. The summed E-state index contributed by atoms with van der Waals surface area (Å²) in [6.07, 6.45) is 6.73. The van der Waals surface area contributed by atoms with Crippen LogP contribution >= 0.6 is 0 Å². The average Bonchev–Trinajstić information content (AvgIpc) is 2.92. The van der Waals surface area contributed by atoms with Crippen molar-refractivity contribution in [2.24, 2.45) is 0 Å². The first-order valence-corrected chi connectivity index (χ1v) is 6.57. The molecule has 0 aliphatic heterocycles. The Morgan fingerprint density at radius 1 is 1.11 bits per heavy atom. The van der Waals surface area contributed by atoms with Gasteiger partial charge in [0.1, 0.15) is 0 Å². The van der Waals surface area contributed by atoms with Crippen molar-refractivity contribution in [3.05, 3.63) is 66.1 Å². The van der Waals surface area contributed by atoms with E-state index >= 15 is 0 Å². The Morgan fingerprint density at radius 2 is 2.11 bits per heavy atom. The van der Waals surface area contributed by atoms with Gasteiger partial charge in [-0.25, -0.2) is 0 Å². The van der Waals surface area contributed by atoms with Crippen LogP contribution < -0.4 is 5.32 Å². The third-order valence-electron chi connectivity index (χ3n) is 3.26. The Morgan fingerprint density at radius 3 is 3.00 bits per heavy atom. The molecule has 2 aromatic heterocycles. The van der Waals surface area contributed by atoms with Crippen LogP contribution in [0.3, 0.4) is 0 Å². The zero-order valence-corrected chi connectivity index (χ0v) is 10.8. The second-order valence-electron chi connectivity index (χ2n) is 4.69. The molecule has 0 saturated carbocycles. The van der Waals surface area contributed by atoms with Crippen LogP contribution in [0, 0.1) is 0 Å². The van der Waals surface area contributed by atoms with Crippen molar-refractivity contribution in [2.75, 3.05) is 6.54 Å².